The Morgan fingerprint density at radius 1 is 0.649 bits per heavy atom. The van der Waals surface area contributed by atoms with Gasteiger partial charge < -0.3 is 36.4 Å². The lowest BCUT2D eigenvalue weighted by molar-refractivity contribution is -0.134. The lowest BCUT2D eigenvalue weighted by atomic mass is 9.99. The molecule has 0 fully saturated rings. The van der Waals surface area contributed by atoms with Crippen molar-refractivity contribution in [1.29, 1.82) is 0 Å². The van der Waals surface area contributed by atoms with Crippen LogP contribution in [0.4, 0.5) is 0 Å². The zero-order valence-corrected chi connectivity index (χ0v) is 32.0. The van der Waals surface area contributed by atoms with Crippen LogP contribution >= 0.6 is 11.3 Å². The van der Waals surface area contributed by atoms with Crippen LogP contribution in [0.2, 0.25) is 0 Å². The third kappa shape index (κ3) is 11.8. The molecule has 0 saturated carbocycles. The van der Waals surface area contributed by atoms with Gasteiger partial charge in [-0.3, -0.25) is 24.0 Å². The number of benzene rings is 4. The number of carbonyl (C=O) groups excluding carboxylic acids is 5. The topological polar surface area (TPSA) is 175 Å². The maximum atomic E-state index is 14.4. The molecule has 2 bridgehead atoms. The Morgan fingerprint density at radius 2 is 1.23 bits per heavy atom. The van der Waals surface area contributed by atoms with E-state index in [-0.39, 0.29) is 45.4 Å². The summed E-state index contributed by atoms with van der Waals surface area (Å²) in [7, 11) is 0. The summed E-state index contributed by atoms with van der Waals surface area (Å²) in [5.41, 5.74) is 4.18. The van der Waals surface area contributed by atoms with E-state index in [1.165, 1.54) is 11.3 Å². The summed E-state index contributed by atoms with van der Waals surface area (Å²) in [6.07, 6.45) is 0.398. The first-order valence-corrected chi connectivity index (χ1v) is 19.6. The Hall–Kier alpha value is -6.31. The van der Waals surface area contributed by atoms with E-state index in [4.69, 9.17) is 4.74 Å². The molecule has 1 aromatic heterocycles. The summed E-state index contributed by atoms with van der Waals surface area (Å²) >= 11 is 1.43. The normalized spacial score (nSPS) is 19.4. The van der Waals surface area contributed by atoms with Crippen LogP contribution in [0.5, 0.6) is 5.75 Å². The first-order valence-electron chi connectivity index (χ1n) is 18.8. The van der Waals surface area contributed by atoms with Crippen molar-refractivity contribution >= 4 is 40.9 Å². The molecule has 4 aromatic carbocycles. The first-order chi connectivity index (χ1) is 27.7. The van der Waals surface area contributed by atoms with E-state index in [2.05, 4.69) is 26.6 Å². The molecule has 0 aliphatic carbocycles. The van der Waals surface area contributed by atoms with Crippen LogP contribution in [0.3, 0.4) is 0 Å². The second-order valence-electron chi connectivity index (χ2n) is 13.7. The van der Waals surface area contributed by atoms with Crippen molar-refractivity contribution in [1.82, 2.24) is 26.6 Å². The minimum Gasteiger partial charge on any atom is -0.484 e. The highest BCUT2D eigenvalue weighted by Gasteiger charge is 2.32. The third-order valence-corrected chi connectivity index (χ3v) is 10.4. The maximum Gasteiger partial charge on any atom is 0.258 e. The molecule has 57 heavy (non-hydrogen) atoms. The van der Waals surface area contributed by atoms with Crippen LogP contribution in [0.1, 0.15) is 21.6 Å². The molecule has 12 nitrogen and oxygen atoms in total. The number of amides is 5. The summed E-state index contributed by atoms with van der Waals surface area (Å²) in [5.74, 6) is -2.52. The highest BCUT2D eigenvalue weighted by Crippen LogP contribution is 2.21. The second kappa shape index (κ2) is 20.0. The van der Waals surface area contributed by atoms with Gasteiger partial charge >= 0.3 is 0 Å². The number of ether oxygens (including phenoxy) is 1. The molecule has 294 valence electrons. The van der Waals surface area contributed by atoms with E-state index in [0.29, 0.717) is 11.3 Å². The molecule has 2 aliphatic rings. The Morgan fingerprint density at radius 3 is 1.84 bits per heavy atom. The van der Waals surface area contributed by atoms with Crippen LogP contribution in [0.15, 0.2) is 127 Å². The van der Waals surface area contributed by atoms with E-state index < -0.39 is 53.7 Å². The van der Waals surface area contributed by atoms with Gasteiger partial charge in [0.2, 0.25) is 23.6 Å². The molecule has 0 unspecified atom stereocenters. The van der Waals surface area contributed by atoms with Gasteiger partial charge in [0, 0.05) is 37.1 Å². The molecule has 4 atom stereocenters. The second-order valence-corrected chi connectivity index (χ2v) is 14.7. The molecular formula is C44H45N5O7S. The van der Waals surface area contributed by atoms with E-state index in [9.17, 15) is 29.1 Å². The summed E-state index contributed by atoms with van der Waals surface area (Å²) < 4.78 is 5.75. The standard InChI is InChI=1S/C44H45N5O7S/c50-22-21-45-41(52)36-25-31-15-19-34(20-16-31)56-28-40(51)46-39(27-35-12-7-23-57-35)44(55)49-38(26-30-13-17-33(18-14-30)32-10-5-2-6-11-32)43(54)48-37(42(53)47-36)24-29-8-3-1-4-9-29/h1-20,23,36-39,50H,21-22,24-28H2,(H,45,52)(H,46,51)(H,47,53)(H,48,54)(H,49,55)/t36-,37-,38+,39-/m0/s1. The predicted octanol–water partition coefficient (Wildman–Crippen LogP) is 3.13. The van der Waals surface area contributed by atoms with Gasteiger partial charge in [-0.1, -0.05) is 103 Å². The molecular weight excluding hydrogens is 743 g/mol. The number of aliphatic hydroxyl groups excluding tert-OH is 1. The predicted molar refractivity (Wildman–Crippen MR) is 217 cm³/mol. The van der Waals surface area contributed by atoms with Gasteiger partial charge in [0.25, 0.3) is 5.91 Å². The van der Waals surface area contributed by atoms with E-state index in [0.717, 1.165) is 27.1 Å². The zero-order valence-electron chi connectivity index (χ0n) is 31.2. The number of thiophene rings is 1. The number of carbonyl (C=O) groups is 5. The fourth-order valence-electron chi connectivity index (χ4n) is 6.48. The van der Waals surface area contributed by atoms with Crippen molar-refractivity contribution < 1.29 is 33.8 Å². The van der Waals surface area contributed by atoms with E-state index in [1.54, 1.807) is 24.3 Å². The Labute approximate surface area is 335 Å². The van der Waals surface area contributed by atoms with Crippen molar-refractivity contribution in [3.8, 4) is 16.9 Å². The van der Waals surface area contributed by atoms with Gasteiger partial charge in [-0.2, -0.15) is 0 Å². The van der Waals surface area contributed by atoms with Crippen LogP contribution in [0, 0.1) is 0 Å². The van der Waals surface area contributed by atoms with E-state index in [1.807, 2.05) is 102 Å². The molecule has 0 radical (unpaired) electrons. The molecule has 0 spiro atoms. The summed E-state index contributed by atoms with van der Waals surface area (Å²) in [6.45, 7) is -0.699. The summed E-state index contributed by atoms with van der Waals surface area (Å²) in [6, 6.07) is 32.6. The van der Waals surface area contributed by atoms with Crippen molar-refractivity contribution in [2.24, 2.45) is 0 Å². The fourth-order valence-corrected chi connectivity index (χ4v) is 7.23. The number of aliphatic hydroxyl groups is 1. The molecule has 13 heteroatoms. The third-order valence-electron chi connectivity index (χ3n) is 9.46. The Kier molecular flexibility index (Phi) is 14.2. The van der Waals surface area contributed by atoms with Gasteiger partial charge in [0.15, 0.2) is 6.61 Å². The van der Waals surface area contributed by atoms with Crippen LogP contribution in [0.25, 0.3) is 11.1 Å². The zero-order chi connectivity index (χ0) is 40.0. The average Bonchev–Trinajstić information content (AvgIpc) is 3.75. The van der Waals surface area contributed by atoms with Gasteiger partial charge in [0.05, 0.1) is 6.61 Å². The number of nitrogens with one attached hydrogen (secondary N) is 5. The average molecular weight is 788 g/mol. The monoisotopic (exact) mass is 787 g/mol. The number of fused-ring (bicyclic) bond motifs is 16. The molecule has 5 aromatic rings. The minimum absolute atomic E-state index is 0.0224. The highest BCUT2D eigenvalue weighted by atomic mass is 32.1. The first kappa shape index (κ1) is 40.4. The number of hydrogen-bond donors (Lipinski definition) is 6. The lowest BCUT2D eigenvalue weighted by Gasteiger charge is -2.27. The summed E-state index contributed by atoms with van der Waals surface area (Å²) in [4.78, 5) is 70.3. The van der Waals surface area contributed by atoms with Crippen molar-refractivity contribution in [2.45, 2.75) is 49.9 Å². The van der Waals surface area contributed by atoms with Crippen molar-refractivity contribution in [2.75, 3.05) is 19.8 Å². The molecule has 2 aliphatic heterocycles. The quantitative estimate of drug-likeness (QED) is 0.118. The highest BCUT2D eigenvalue weighted by molar-refractivity contribution is 7.09. The number of rotatable bonds is 10. The van der Waals surface area contributed by atoms with Crippen molar-refractivity contribution in [3.05, 3.63) is 148 Å². The van der Waals surface area contributed by atoms with Gasteiger partial charge in [-0.25, -0.2) is 0 Å². The Balaban J connectivity index is 1.35. The summed E-state index contributed by atoms with van der Waals surface area (Å²) in [5, 5.41) is 25.3. The molecule has 0 saturated heterocycles. The van der Waals surface area contributed by atoms with Crippen LogP contribution < -0.4 is 31.3 Å². The van der Waals surface area contributed by atoms with Crippen LogP contribution in [-0.4, -0.2) is 78.6 Å². The van der Waals surface area contributed by atoms with Gasteiger partial charge in [-0.05, 0) is 51.4 Å². The van der Waals surface area contributed by atoms with Crippen molar-refractivity contribution in [3.63, 3.8) is 0 Å². The maximum absolute atomic E-state index is 14.4. The SMILES string of the molecule is O=C1COc2ccc(cc2)C[C@@H](C(=O)NCCO)NC(=O)[C@H](Cc2ccccc2)NC(=O)[C@@H](Cc2ccc(-c3ccccc3)cc2)NC(=O)[C@H](Cc2cccs2)N1. The molecule has 5 amide bonds. The molecule has 6 N–H and O–H groups in total. The van der Waals surface area contributed by atoms with Crippen LogP contribution in [-0.2, 0) is 49.7 Å². The minimum atomic E-state index is -1.17. The fraction of sp³-hybridized carbons (Fsp3) is 0.250. The van der Waals surface area contributed by atoms with Gasteiger partial charge in [-0.15, -0.1) is 11.3 Å². The van der Waals surface area contributed by atoms with Gasteiger partial charge in [0.1, 0.15) is 29.9 Å². The largest absolute Gasteiger partial charge is 0.484 e. The molecule has 7 rings (SSSR count). The number of hydrogen-bond acceptors (Lipinski definition) is 8. The lowest BCUT2D eigenvalue weighted by Crippen LogP contribution is -2.59. The Bertz CT molecular complexity index is 2100. The van der Waals surface area contributed by atoms with E-state index >= 15 is 0 Å². The smallest absolute Gasteiger partial charge is 0.258 e. The molecule has 3 heterocycles.